The zero-order valence-electron chi connectivity index (χ0n) is 13.4. The summed E-state index contributed by atoms with van der Waals surface area (Å²) >= 11 is 12.2. The average molecular weight is 391 g/mol. The minimum Gasteiger partial charge on any atom is -0.366 e. The fraction of sp³-hybridized carbons (Fsp3) is 0.0526. The Balaban J connectivity index is 2.25. The molecule has 1 heterocycles. The third kappa shape index (κ3) is 3.49. The second-order valence-corrected chi connectivity index (χ2v) is 6.50. The van der Waals surface area contributed by atoms with Gasteiger partial charge in [0, 0.05) is 33.7 Å². The van der Waals surface area contributed by atoms with E-state index in [1.807, 2.05) is 0 Å². The highest BCUT2D eigenvalue weighted by Gasteiger charge is 2.17. The predicted molar refractivity (Wildman–Crippen MR) is 101 cm³/mol. The number of nitrogens with two attached hydrogens (primary N) is 1. The number of fused-ring (bicyclic) bond motifs is 1. The van der Waals surface area contributed by atoms with Gasteiger partial charge in [-0.25, -0.2) is 4.39 Å². The molecule has 1 amide bonds. The van der Waals surface area contributed by atoms with E-state index in [1.165, 1.54) is 24.3 Å². The summed E-state index contributed by atoms with van der Waals surface area (Å²) in [5, 5.41) is 1.34. The van der Waals surface area contributed by atoms with Crippen LogP contribution in [-0.2, 0) is 11.3 Å². The maximum absolute atomic E-state index is 14.0. The summed E-state index contributed by atoms with van der Waals surface area (Å²) in [6, 6.07) is 7.62. The molecule has 0 radical (unpaired) electrons. The molecule has 0 aliphatic rings. The highest BCUT2D eigenvalue weighted by molar-refractivity contribution is 6.35. The fourth-order valence-electron chi connectivity index (χ4n) is 2.86. The van der Waals surface area contributed by atoms with E-state index in [4.69, 9.17) is 28.9 Å². The van der Waals surface area contributed by atoms with E-state index in [0.29, 0.717) is 39.3 Å². The van der Waals surface area contributed by atoms with Crippen LogP contribution in [0.5, 0.6) is 0 Å². The van der Waals surface area contributed by atoms with Crippen LogP contribution in [0.4, 0.5) is 4.39 Å². The zero-order chi connectivity index (χ0) is 18.8. The number of carbonyl (C=O) groups excluding carboxylic acids is 2. The molecular weight excluding hydrogens is 378 g/mol. The minimum atomic E-state index is -0.674. The van der Waals surface area contributed by atoms with Crippen molar-refractivity contribution >= 4 is 52.4 Å². The van der Waals surface area contributed by atoms with Gasteiger partial charge in [-0.05, 0) is 42.0 Å². The first-order valence-electron chi connectivity index (χ1n) is 7.58. The number of allylic oxidation sites excluding steroid dienone is 1. The van der Waals surface area contributed by atoms with Crippen LogP contribution in [0.25, 0.3) is 17.0 Å². The van der Waals surface area contributed by atoms with Crippen LogP contribution in [0.1, 0.15) is 21.5 Å². The monoisotopic (exact) mass is 390 g/mol. The number of nitrogens with zero attached hydrogens (tertiary/aromatic N) is 1. The first-order valence-corrected chi connectivity index (χ1v) is 8.34. The molecule has 0 saturated carbocycles. The summed E-state index contributed by atoms with van der Waals surface area (Å²) in [6.07, 6.45) is 4.87. The van der Waals surface area contributed by atoms with Crippen molar-refractivity contribution in [3.8, 4) is 0 Å². The van der Waals surface area contributed by atoms with Gasteiger partial charge < -0.3 is 10.3 Å². The third-order valence-corrected chi connectivity index (χ3v) is 4.53. The smallest absolute Gasteiger partial charge is 0.250 e. The van der Waals surface area contributed by atoms with Crippen LogP contribution < -0.4 is 5.73 Å². The Hall–Kier alpha value is -2.63. The van der Waals surface area contributed by atoms with Crippen molar-refractivity contribution in [2.75, 3.05) is 0 Å². The Morgan fingerprint density at radius 3 is 2.65 bits per heavy atom. The summed E-state index contributed by atoms with van der Waals surface area (Å²) in [5.74, 6) is -1.21. The molecule has 0 atom stereocenters. The van der Waals surface area contributed by atoms with E-state index in [2.05, 4.69) is 0 Å². The molecule has 3 aromatic rings. The summed E-state index contributed by atoms with van der Waals surface area (Å²) in [5.41, 5.74) is 7.41. The van der Waals surface area contributed by atoms with Crippen molar-refractivity contribution in [1.29, 1.82) is 0 Å². The number of halogens is 3. The predicted octanol–water partition coefficient (Wildman–Crippen LogP) is 4.45. The lowest BCUT2D eigenvalue weighted by molar-refractivity contribution is -0.104. The molecule has 0 bridgehead atoms. The molecule has 3 rings (SSSR count). The molecule has 0 saturated heterocycles. The van der Waals surface area contributed by atoms with Crippen molar-refractivity contribution in [2.45, 2.75) is 6.54 Å². The lowest BCUT2D eigenvalue weighted by Gasteiger charge is -2.10. The Morgan fingerprint density at radius 1 is 1.23 bits per heavy atom. The molecule has 0 fully saturated rings. The topological polar surface area (TPSA) is 65.1 Å². The van der Waals surface area contributed by atoms with Gasteiger partial charge in [-0.3, -0.25) is 9.59 Å². The van der Waals surface area contributed by atoms with E-state index < -0.39 is 11.7 Å². The molecule has 1 aromatic heterocycles. The van der Waals surface area contributed by atoms with Crippen LogP contribution in [0.15, 0.2) is 42.6 Å². The first-order chi connectivity index (χ1) is 12.4. The van der Waals surface area contributed by atoms with Crippen molar-refractivity contribution in [1.82, 2.24) is 4.57 Å². The number of aromatic nitrogens is 1. The molecule has 0 unspecified atom stereocenters. The molecule has 4 nitrogen and oxygen atoms in total. The van der Waals surface area contributed by atoms with Crippen molar-refractivity contribution in [3.05, 3.63) is 75.2 Å². The summed E-state index contributed by atoms with van der Waals surface area (Å²) in [4.78, 5) is 22.5. The quantitative estimate of drug-likeness (QED) is 0.516. The molecule has 7 heteroatoms. The van der Waals surface area contributed by atoms with E-state index in [9.17, 15) is 14.0 Å². The molecule has 0 aliphatic heterocycles. The Morgan fingerprint density at radius 2 is 2.00 bits per heavy atom. The van der Waals surface area contributed by atoms with Gasteiger partial charge in [-0.15, -0.1) is 0 Å². The maximum atomic E-state index is 14.0. The molecular formula is C19H13Cl2FN2O2. The van der Waals surface area contributed by atoms with Gasteiger partial charge >= 0.3 is 0 Å². The van der Waals surface area contributed by atoms with Gasteiger partial charge in [0.05, 0.1) is 11.1 Å². The third-order valence-electron chi connectivity index (χ3n) is 3.94. The van der Waals surface area contributed by atoms with E-state index in [1.54, 1.807) is 29.0 Å². The maximum Gasteiger partial charge on any atom is 0.250 e. The van der Waals surface area contributed by atoms with Gasteiger partial charge in [0.1, 0.15) is 12.1 Å². The lowest BCUT2D eigenvalue weighted by Crippen LogP contribution is -2.10. The molecule has 2 aromatic carbocycles. The number of rotatable bonds is 5. The number of amides is 1. The van der Waals surface area contributed by atoms with Gasteiger partial charge in [0.25, 0.3) is 5.91 Å². The summed E-state index contributed by atoms with van der Waals surface area (Å²) < 4.78 is 15.7. The number of aldehydes is 1. The minimum absolute atomic E-state index is 0.185. The fourth-order valence-corrected chi connectivity index (χ4v) is 3.33. The SMILES string of the molecule is NC(=O)c1cn(Cc2ccc(Cl)cc2Cl)c2c(/C=C/C=O)cc(F)cc12. The van der Waals surface area contributed by atoms with Crippen molar-refractivity contribution in [2.24, 2.45) is 5.73 Å². The van der Waals surface area contributed by atoms with Gasteiger partial charge in [0.15, 0.2) is 0 Å². The lowest BCUT2D eigenvalue weighted by atomic mass is 10.1. The van der Waals surface area contributed by atoms with Crippen molar-refractivity contribution < 1.29 is 14.0 Å². The van der Waals surface area contributed by atoms with E-state index in [-0.39, 0.29) is 5.56 Å². The molecule has 26 heavy (non-hydrogen) atoms. The number of benzene rings is 2. The van der Waals surface area contributed by atoms with Crippen LogP contribution >= 0.6 is 23.2 Å². The highest BCUT2D eigenvalue weighted by atomic mass is 35.5. The number of carbonyl (C=O) groups is 2. The highest BCUT2D eigenvalue weighted by Crippen LogP contribution is 2.29. The van der Waals surface area contributed by atoms with Gasteiger partial charge in [-0.2, -0.15) is 0 Å². The Bertz CT molecular complexity index is 1060. The molecule has 2 N–H and O–H groups in total. The van der Waals surface area contributed by atoms with Gasteiger partial charge in [-0.1, -0.05) is 29.3 Å². The van der Waals surface area contributed by atoms with Crippen LogP contribution in [0.3, 0.4) is 0 Å². The summed E-state index contributed by atoms with van der Waals surface area (Å²) in [7, 11) is 0. The van der Waals surface area contributed by atoms with E-state index in [0.717, 1.165) is 5.56 Å². The normalized spacial score (nSPS) is 11.3. The van der Waals surface area contributed by atoms with Crippen LogP contribution in [0, 0.1) is 5.82 Å². The number of primary amides is 1. The van der Waals surface area contributed by atoms with E-state index >= 15 is 0 Å². The Labute approximate surface area is 158 Å². The standard InChI is InChI=1S/C19H13Cl2FN2O2/c20-13-4-3-12(17(21)7-13)9-24-10-16(19(23)26)15-8-14(22)6-11(18(15)24)2-1-5-25/h1-8,10H,9H2,(H2,23,26)/b2-1+. The van der Waals surface area contributed by atoms with Gasteiger partial charge in [0.2, 0.25) is 0 Å². The largest absolute Gasteiger partial charge is 0.366 e. The number of hydrogen-bond donors (Lipinski definition) is 1. The second-order valence-electron chi connectivity index (χ2n) is 5.66. The average Bonchev–Trinajstić information content (AvgIpc) is 2.93. The number of hydrogen-bond acceptors (Lipinski definition) is 2. The summed E-state index contributed by atoms with van der Waals surface area (Å²) in [6.45, 7) is 0.313. The van der Waals surface area contributed by atoms with Crippen LogP contribution in [0.2, 0.25) is 10.0 Å². The molecule has 0 aliphatic carbocycles. The second kappa shape index (κ2) is 7.32. The molecule has 0 spiro atoms. The Kier molecular flexibility index (Phi) is 5.11. The van der Waals surface area contributed by atoms with Crippen molar-refractivity contribution in [3.63, 3.8) is 0 Å². The zero-order valence-corrected chi connectivity index (χ0v) is 14.9. The van der Waals surface area contributed by atoms with Crippen LogP contribution in [-0.4, -0.2) is 16.8 Å². The first kappa shape index (κ1) is 18.2. The molecule has 132 valence electrons.